The van der Waals surface area contributed by atoms with Crippen LogP contribution in [0, 0.1) is 0 Å². The van der Waals surface area contributed by atoms with E-state index in [1.54, 1.807) is 6.92 Å². The fourth-order valence-electron chi connectivity index (χ4n) is 0.529. The summed E-state index contributed by atoms with van der Waals surface area (Å²) in [5, 5.41) is 9.00. The van der Waals surface area contributed by atoms with Crippen molar-refractivity contribution in [2.24, 2.45) is 16.5 Å². The number of carbonyl (C=O) groups excluding carboxylic acids is 1. The largest absolute Gasteiger partial charge is 0.383 e. The predicted molar refractivity (Wildman–Crippen MR) is 42.0 cm³/mol. The van der Waals surface area contributed by atoms with Gasteiger partial charge in [0, 0.05) is 6.42 Å². The third-order valence-electron chi connectivity index (χ3n) is 1.17. The Morgan fingerprint density at radius 1 is 1.64 bits per heavy atom. The molecule has 64 valence electrons. The quantitative estimate of drug-likeness (QED) is 0.347. The Morgan fingerprint density at radius 3 is 2.55 bits per heavy atom. The summed E-state index contributed by atoms with van der Waals surface area (Å²) >= 11 is 0. The second-order valence-corrected chi connectivity index (χ2v) is 2.10. The van der Waals surface area contributed by atoms with Gasteiger partial charge in [0.15, 0.2) is 11.7 Å². The van der Waals surface area contributed by atoms with Gasteiger partial charge in [0.25, 0.3) is 0 Å². The zero-order valence-electron chi connectivity index (χ0n) is 6.45. The standard InChI is InChI=1S/C6H13N3O2/c1-2-4(10)5(11)3-9-6(7)8/h5,11H,2-3H2,1H3,(H4,7,8,9)/t5-/m0/s1. The highest BCUT2D eigenvalue weighted by Crippen LogP contribution is 1.90. The van der Waals surface area contributed by atoms with Gasteiger partial charge in [-0.25, -0.2) is 0 Å². The third kappa shape index (κ3) is 4.32. The van der Waals surface area contributed by atoms with E-state index < -0.39 is 6.10 Å². The zero-order valence-corrected chi connectivity index (χ0v) is 6.45. The monoisotopic (exact) mass is 159 g/mol. The molecule has 0 saturated carbocycles. The minimum Gasteiger partial charge on any atom is -0.383 e. The number of aliphatic hydroxyl groups is 1. The second-order valence-electron chi connectivity index (χ2n) is 2.10. The van der Waals surface area contributed by atoms with Crippen LogP contribution in [-0.4, -0.2) is 29.5 Å². The molecule has 0 rings (SSSR count). The van der Waals surface area contributed by atoms with E-state index in [0.29, 0.717) is 6.42 Å². The van der Waals surface area contributed by atoms with Crippen LogP contribution in [0.25, 0.3) is 0 Å². The molecule has 0 radical (unpaired) electrons. The van der Waals surface area contributed by atoms with Crippen LogP contribution in [0.3, 0.4) is 0 Å². The fourth-order valence-corrected chi connectivity index (χ4v) is 0.529. The average Bonchev–Trinajstić information content (AvgIpc) is 1.98. The highest BCUT2D eigenvalue weighted by Gasteiger charge is 2.10. The summed E-state index contributed by atoms with van der Waals surface area (Å²) in [7, 11) is 0. The van der Waals surface area contributed by atoms with Gasteiger partial charge >= 0.3 is 0 Å². The number of carbonyl (C=O) groups is 1. The number of aliphatic imine (C=N–C) groups is 1. The summed E-state index contributed by atoms with van der Waals surface area (Å²) in [6.45, 7) is 1.62. The van der Waals surface area contributed by atoms with Gasteiger partial charge in [-0.15, -0.1) is 0 Å². The number of guanidine groups is 1. The molecule has 0 spiro atoms. The molecule has 0 heterocycles. The first kappa shape index (κ1) is 9.90. The van der Waals surface area contributed by atoms with E-state index in [2.05, 4.69) is 4.99 Å². The highest BCUT2D eigenvalue weighted by molar-refractivity contribution is 5.83. The molecule has 0 aliphatic carbocycles. The van der Waals surface area contributed by atoms with E-state index in [4.69, 9.17) is 16.6 Å². The lowest BCUT2D eigenvalue weighted by Crippen LogP contribution is -2.28. The van der Waals surface area contributed by atoms with E-state index in [9.17, 15) is 4.79 Å². The van der Waals surface area contributed by atoms with Crippen molar-refractivity contribution < 1.29 is 9.90 Å². The molecule has 5 N–H and O–H groups in total. The van der Waals surface area contributed by atoms with Crippen LogP contribution < -0.4 is 11.5 Å². The lowest BCUT2D eigenvalue weighted by atomic mass is 10.2. The number of nitrogens with two attached hydrogens (primary N) is 2. The Kier molecular flexibility index (Phi) is 4.21. The lowest BCUT2D eigenvalue weighted by molar-refractivity contribution is -0.126. The van der Waals surface area contributed by atoms with Crippen molar-refractivity contribution in [2.45, 2.75) is 19.4 Å². The number of hydrogen-bond donors (Lipinski definition) is 3. The maximum Gasteiger partial charge on any atom is 0.186 e. The van der Waals surface area contributed by atoms with E-state index in [1.165, 1.54) is 0 Å². The van der Waals surface area contributed by atoms with Crippen molar-refractivity contribution in [1.82, 2.24) is 0 Å². The molecule has 0 aliphatic heterocycles. The van der Waals surface area contributed by atoms with Crippen LogP contribution in [0.1, 0.15) is 13.3 Å². The third-order valence-corrected chi connectivity index (χ3v) is 1.17. The molecule has 0 amide bonds. The zero-order chi connectivity index (χ0) is 8.85. The smallest absolute Gasteiger partial charge is 0.186 e. The summed E-state index contributed by atoms with van der Waals surface area (Å²) in [5.41, 5.74) is 9.98. The molecule has 5 nitrogen and oxygen atoms in total. The molecule has 1 atom stereocenters. The minimum absolute atomic E-state index is 0.0466. The van der Waals surface area contributed by atoms with E-state index >= 15 is 0 Å². The van der Waals surface area contributed by atoms with E-state index in [0.717, 1.165) is 0 Å². The maximum atomic E-state index is 10.7. The molecule has 0 aromatic rings. The van der Waals surface area contributed by atoms with Gasteiger partial charge in [-0.05, 0) is 0 Å². The van der Waals surface area contributed by atoms with E-state index in [-0.39, 0.29) is 18.3 Å². The summed E-state index contributed by atoms with van der Waals surface area (Å²) < 4.78 is 0. The average molecular weight is 159 g/mol. The predicted octanol–water partition coefficient (Wildman–Crippen LogP) is -1.40. The molecule has 0 aliphatic rings. The van der Waals surface area contributed by atoms with Crippen molar-refractivity contribution in [3.8, 4) is 0 Å². The molecule has 11 heavy (non-hydrogen) atoms. The molecule has 0 bridgehead atoms. The number of Topliss-reactive ketones (excluding diaryl/α,β-unsaturated/α-hetero) is 1. The van der Waals surface area contributed by atoms with E-state index in [1.807, 2.05) is 0 Å². The lowest BCUT2D eigenvalue weighted by Gasteiger charge is -2.03. The normalized spacial score (nSPS) is 12.2. The first-order chi connectivity index (χ1) is 5.07. The van der Waals surface area contributed by atoms with Crippen LogP contribution in [0.15, 0.2) is 4.99 Å². The molecular weight excluding hydrogens is 146 g/mol. The van der Waals surface area contributed by atoms with Crippen molar-refractivity contribution in [1.29, 1.82) is 0 Å². The van der Waals surface area contributed by atoms with Gasteiger partial charge in [-0.3, -0.25) is 9.79 Å². The summed E-state index contributed by atoms with van der Waals surface area (Å²) in [6.07, 6.45) is -0.775. The van der Waals surface area contributed by atoms with Crippen molar-refractivity contribution in [2.75, 3.05) is 6.54 Å². The second kappa shape index (κ2) is 4.68. The molecule has 0 unspecified atom stereocenters. The fraction of sp³-hybridized carbons (Fsp3) is 0.667. The van der Waals surface area contributed by atoms with Crippen molar-refractivity contribution >= 4 is 11.7 Å². The number of hydrogen-bond acceptors (Lipinski definition) is 3. The van der Waals surface area contributed by atoms with Crippen molar-refractivity contribution in [3.05, 3.63) is 0 Å². The number of ketones is 1. The topological polar surface area (TPSA) is 102 Å². The first-order valence-electron chi connectivity index (χ1n) is 3.34. The molecule has 0 fully saturated rings. The summed E-state index contributed by atoms with van der Waals surface area (Å²) in [5.74, 6) is -0.372. The summed E-state index contributed by atoms with van der Waals surface area (Å²) in [6, 6.07) is 0. The molecule has 0 aromatic heterocycles. The van der Waals surface area contributed by atoms with Gasteiger partial charge < -0.3 is 16.6 Å². The van der Waals surface area contributed by atoms with Gasteiger partial charge in [0.2, 0.25) is 0 Å². The summed E-state index contributed by atoms with van der Waals surface area (Å²) in [4.78, 5) is 14.2. The van der Waals surface area contributed by atoms with Gasteiger partial charge in [0.1, 0.15) is 6.10 Å². The Labute approximate surface area is 65.1 Å². The van der Waals surface area contributed by atoms with Crippen LogP contribution in [-0.2, 0) is 4.79 Å². The molecule has 0 saturated heterocycles. The number of aliphatic hydroxyl groups excluding tert-OH is 1. The van der Waals surface area contributed by atoms with Crippen LogP contribution in [0.5, 0.6) is 0 Å². The van der Waals surface area contributed by atoms with Gasteiger partial charge in [-0.1, -0.05) is 6.92 Å². The molecule has 5 heteroatoms. The molecular formula is C6H13N3O2. The van der Waals surface area contributed by atoms with Gasteiger partial charge in [0.05, 0.1) is 6.54 Å². The Balaban J connectivity index is 3.78. The van der Waals surface area contributed by atoms with Crippen LogP contribution in [0.2, 0.25) is 0 Å². The Morgan fingerprint density at radius 2 is 2.18 bits per heavy atom. The molecule has 0 aromatic carbocycles. The Hall–Kier alpha value is -1.10. The van der Waals surface area contributed by atoms with Gasteiger partial charge in [-0.2, -0.15) is 0 Å². The number of nitrogens with zero attached hydrogens (tertiary/aromatic N) is 1. The number of rotatable bonds is 4. The first-order valence-corrected chi connectivity index (χ1v) is 3.34. The Bertz CT molecular complexity index is 163. The van der Waals surface area contributed by atoms with Crippen molar-refractivity contribution in [3.63, 3.8) is 0 Å². The minimum atomic E-state index is -1.07. The maximum absolute atomic E-state index is 10.7. The van der Waals surface area contributed by atoms with Crippen LogP contribution >= 0.6 is 0 Å². The highest BCUT2D eigenvalue weighted by atomic mass is 16.3. The SMILES string of the molecule is CCC(=O)[C@@H](O)CN=C(N)N. The van der Waals surface area contributed by atoms with Crippen LogP contribution in [0.4, 0.5) is 0 Å².